The second-order valence-corrected chi connectivity index (χ2v) is 5.02. The lowest BCUT2D eigenvalue weighted by Gasteiger charge is -2.12. The van der Waals surface area contributed by atoms with Gasteiger partial charge in [0, 0.05) is 18.4 Å². The van der Waals surface area contributed by atoms with E-state index in [1.165, 1.54) is 6.42 Å². The van der Waals surface area contributed by atoms with Crippen LogP contribution in [0.15, 0.2) is 16.5 Å². The third-order valence-corrected chi connectivity index (χ3v) is 3.58. The molecule has 1 aromatic rings. The summed E-state index contributed by atoms with van der Waals surface area (Å²) in [5.41, 5.74) is 0. The van der Waals surface area contributed by atoms with Gasteiger partial charge >= 0.3 is 0 Å². The zero-order valence-electron chi connectivity index (χ0n) is 10.7. The van der Waals surface area contributed by atoms with Crippen LogP contribution in [0.2, 0.25) is 0 Å². The Labute approximate surface area is 104 Å². The number of rotatable bonds is 6. The predicted molar refractivity (Wildman–Crippen MR) is 69.6 cm³/mol. The molecule has 0 radical (unpaired) electrons. The van der Waals surface area contributed by atoms with Crippen LogP contribution in [-0.4, -0.2) is 6.04 Å². The first-order valence-electron chi connectivity index (χ1n) is 6.50. The van der Waals surface area contributed by atoms with Gasteiger partial charge in [0.25, 0.3) is 0 Å². The summed E-state index contributed by atoms with van der Waals surface area (Å²) in [6.07, 6.45) is 8.44. The summed E-state index contributed by atoms with van der Waals surface area (Å²) in [6, 6.07) is 4.59. The van der Waals surface area contributed by atoms with Crippen LogP contribution in [0.3, 0.4) is 0 Å². The van der Waals surface area contributed by atoms with Crippen LogP contribution >= 0.6 is 0 Å². The summed E-state index contributed by atoms with van der Waals surface area (Å²) < 4.78 is 5.84. The van der Waals surface area contributed by atoms with Gasteiger partial charge in [-0.1, -0.05) is 13.8 Å². The first-order chi connectivity index (χ1) is 8.24. The van der Waals surface area contributed by atoms with Crippen molar-refractivity contribution in [2.75, 3.05) is 0 Å². The maximum atomic E-state index is 5.84. The van der Waals surface area contributed by atoms with E-state index in [1.54, 1.807) is 0 Å². The predicted octanol–water partition coefficient (Wildman–Crippen LogP) is 3.29. The Bertz CT molecular complexity index is 401. The number of terminal acetylenes is 1. The van der Waals surface area contributed by atoms with Gasteiger partial charge in [0.15, 0.2) is 0 Å². The van der Waals surface area contributed by atoms with Gasteiger partial charge in [0.1, 0.15) is 11.5 Å². The minimum Gasteiger partial charge on any atom is -0.464 e. The van der Waals surface area contributed by atoms with Crippen molar-refractivity contribution in [3.63, 3.8) is 0 Å². The molecule has 2 heteroatoms. The Hall–Kier alpha value is -1.20. The molecule has 3 atom stereocenters. The lowest BCUT2D eigenvalue weighted by atomic mass is 10.1. The molecule has 1 aromatic heterocycles. The molecule has 1 N–H and O–H groups in total. The Morgan fingerprint density at radius 2 is 2.35 bits per heavy atom. The lowest BCUT2D eigenvalue weighted by Crippen LogP contribution is -2.27. The molecule has 92 valence electrons. The van der Waals surface area contributed by atoms with E-state index in [0.29, 0.717) is 12.0 Å². The van der Waals surface area contributed by atoms with Crippen LogP contribution in [-0.2, 0) is 6.54 Å². The molecule has 0 saturated heterocycles. The minimum atomic E-state index is 0.397. The van der Waals surface area contributed by atoms with Gasteiger partial charge in [-0.15, -0.1) is 12.3 Å². The molecule has 1 fully saturated rings. The van der Waals surface area contributed by atoms with Gasteiger partial charge in [-0.3, -0.25) is 0 Å². The molecule has 0 aliphatic heterocycles. The van der Waals surface area contributed by atoms with E-state index < -0.39 is 0 Å². The summed E-state index contributed by atoms with van der Waals surface area (Å²) in [6.45, 7) is 5.20. The van der Waals surface area contributed by atoms with E-state index in [4.69, 9.17) is 10.8 Å². The van der Waals surface area contributed by atoms with Crippen molar-refractivity contribution >= 4 is 0 Å². The maximum Gasteiger partial charge on any atom is 0.117 e. The van der Waals surface area contributed by atoms with Crippen molar-refractivity contribution in [1.29, 1.82) is 0 Å². The highest BCUT2D eigenvalue weighted by Crippen LogP contribution is 2.47. The first kappa shape index (κ1) is 12.3. The van der Waals surface area contributed by atoms with Crippen molar-refractivity contribution in [3.8, 4) is 12.3 Å². The third-order valence-electron chi connectivity index (χ3n) is 3.58. The zero-order valence-corrected chi connectivity index (χ0v) is 10.7. The average Bonchev–Trinajstić information content (AvgIpc) is 2.89. The SMILES string of the molecule is C#CCC(CC)NCc1ccc(C2CC2C)o1. The number of hydrogen-bond acceptors (Lipinski definition) is 2. The molecule has 0 bridgehead atoms. The molecule has 0 aromatic carbocycles. The van der Waals surface area contributed by atoms with Gasteiger partial charge < -0.3 is 9.73 Å². The Morgan fingerprint density at radius 1 is 1.59 bits per heavy atom. The quantitative estimate of drug-likeness (QED) is 0.760. The largest absolute Gasteiger partial charge is 0.464 e. The van der Waals surface area contributed by atoms with Crippen molar-refractivity contribution < 1.29 is 4.42 Å². The monoisotopic (exact) mass is 231 g/mol. The van der Waals surface area contributed by atoms with Crippen LogP contribution in [0.5, 0.6) is 0 Å². The van der Waals surface area contributed by atoms with E-state index in [0.717, 1.165) is 36.8 Å². The number of furan rings is 1. The van der Waals surface area contributed by atoms with Gasteiger partial charge in [-0.2, -0.15) is 0 Å². The van der Waals surface area contributed by atoms with E-state index in [2.05, 4.69) is 37.2 Å². The number of nitrogens with one attached hydrogen (secondary N) is 1. The van der Waals surface area contributed by atoms with Crippen LogP contribution < -0.4 is 5.32 Å². The van der Waals surface area contributed by atoms with E-state index >= 15 is 0 Å². The van der Waals surface area contributed by atoms with E-state index in [1.807, 2.05) is 0 Å². The standard InChI is InChI=1S/C15H21NO/c1-4-6-12(5-2)16-10-13-7-8-15(17-13)14-9-11(14)3/h1,7-8,11-12,14,16H,5-6,9-10H2,2-3H3. The number of hydrogen-bond donors (Lipinski definition) is 1. The summed E-state index contributed by atoms with van der Waals surface area (Å²) in [4.78, 5) is 0. The van der Waals surface area contributed by atoms with Gasteiger partial charge in [0.2, 0.25) is 0 Å². The fourth-order valence-corrected chi connectivity index (χ4v) is 2.16. The topological polar surface area (TPSA) is 25.2 Å². The fraction of sp³-hybridized carbons (Fsp3) is 0.600. The molecule has 3 unspecified atom stereocenters. The van der Waals surface area contributed by atoms with E-state index in [9.17, 15) is 0 Å². The van der Waals surface area contributed by atoms with Crippen molar-refractivity contribution in [2.24, 2.45) is 5.92 Å². The summed E-state index contributed by atoms with van der Waals surface area (Å²) in [7, 11) is 0. The van der Waals surface area contributed by atoms with Gasteiger partial charge in [0.05, 0.1) is 6.54 Å². The first-order valence-corrected chi connectivity index (χ1v) is 6.50. The average molecular weight is 231 g/mol. The third kappa shape index (κ3) is 3.14. The summed E-state index contributed by atoms with van der Waals surface area (Å²) in [5, 5.41) is 3.43. The molecule has 1 aliphatic rings. The fourth-order valence-electron chi connectivity index (χ4n) is 2.16. The molecule has 17 heavy (non-hydrogen) atoms. The maximum absolute atomic E-state index is 5.84. The molecular formula is C15H21NO. The molecule has 0 spiro atoms. The summed E-state index contributed by atoms with van der Waals surface area (Å²) in [5.74, 6) is 6.34. The molecule has 2 rings (SSSR count). The van der Waals surface area contributed by atoms with E-state index in [-0.39, 0.29) is 0 Å². The van der Waals surface area contributed by atoms with Crippen LogP contribution in [0.25, 0.3) is 0 Å². The van der Waals surface area contributed by atoms with Crippen LogP contribution in [0, 0.1) is 18.3 Å². The van der Waals surface area contributed by atoms with Crippen molar-refractivity contribution in [3.05, 3.63) is 23.7 Å². The van der Waals surface area contributed by atoms with Crippen LogP contribution in [0.4, 0.5) is 0 Å². The van der Waals surface area contributed by atoms with Gasteiger partial charge in [-0.05, 0) is 30.9 Å². The second kappa shape index (κ2) is 5.42. The second-order valence-electron chi connectivity index (χ2n) is 5.02. The van der Waals surface area contributed by atoms with Crippen molar-refractivity contribution in [2.45, 2.75) is 51.6 Å². The zero-order chi connectivity index (χ0) is 12.3. The van der Waals surface area contributed by atoms with Crippen molar-refractivity contribution in [1.82, 2.24) is 5.32 Å². The molecule has 0 amide bonds. The molecule has 1 aliphatic carbocycles. The Kier molecular flexibility index (Phi) is 3.91. The highest BCUT2D eigenvalue weighted by molar-refractivity contribution is 5.17. The molecule has 2 nitrogen and oxygen atoms in total. The normalized spacial score (nSPS) is 24.3. The molecule has 1 saturated carbocycles. The highest BCUT2D eigenvalue weighted by atomic mass is 16.3. The molecular weight excluding hydrogens is 210 g/mol. The molecule has 1 heterocycles. The van der Waals surface area contributed by atoms with Crippen LogP contribution in [0.1, 0.15) is 50.5 Å². The Morgan fingerprint density at radius 3 is 2.94 bits per heavy atom. The highest BCUT2D eigenvalue weighted by Gasteiger charge is 2.36. The Balaban J connectivity index is 1.82. The lowest BCUT2D eigenvalue weighted by molar-refractivity contribution is 0.417. The van der Waals surface area contributed by atoms with Gasteiger partial charge in [-0.25, -0.2) is 0 Å². The smallest absolute Gasteiger partial charge is 0.117 e. The summed E-state index contributed by atoms with van der Waals surface area (Å²) >= 11 is 0. The minimum absolute atomic E-state index is 0.397.